The molecular formula is C14H21N3O2. The summed E-state index contributed by atoms with van der Waals surface area (Å²) in [7, 11) is 2.10. The number of aryl methyl sites for hydroxylation is 1. The van der Waals surface area contributed by atoms with Gasteiger partial charge in [-0.1, -0.05) is 0 Å². The van der Waals surface area contributed by atoms with Gasteiger partial charge in [-0.15, -0.1) is 0 Å². The third-order valence-electron chi connectivity index (χ3n) is 3.59. The second kappa shape index (κ2) is 5.35. The molecule has 5 heteroatoms. The molecule has 0 atom stereocenters. The Morgan fingerprint density at radius 2 is 2.00 bits per heavy atom. The molecule has 2 fully saturated rings. The molecule has 1 aromatic rings. The first-order valence-electron chi connectivity index (χ1n) is 6.87. The van der Waals surface area contributed by atoms with Crippen molar-refractivity contribution in [3.05, 3.63) is 17.7 Å². The number of likely N-dealkylation sites (tertiary alicyclic amines) is 1. The lowest BCUT2D eigenvalue weighted by Gasteiger charge is -2.36. The molecule has 2 saturated heterocycles. The van der Waals surface area contributed by atoms with E-state index in [0.717, 1.165) is 51.1 Å². The first-order chi connectivity index (χ1) is 9.20. The highest BCUT2D eigenvalue weighted by Gasteiger charge is 2.25. The van der Waals surface area contributed by atoms with Crippen molar-refractivity contribution in [3.63, 3.8) is 0 Å². The lowest BCUT2D eigenvalue weighted by Crippen LogP contribution is -2.51. The lowest BCUT2D eigenvalue weighted by atomic mass is 10.2. The summed E-state index contributed by atoms with van der Waals surface area (Å²) in [5, 5.41) is 0. The fraction of sp³-hybridized carbons (Fsp3) is 0.643. The Labute approximate surface area is 114 Å². The minimum Gasteiger partial charge on any atom is -0.472 e. The molecule has 0 spiro atoms. The van der Waals surface area contributed by atoms with Gasteiger partial charge in [-0.05, 0) is 25.6 Å². The third kappa shape index (κ3) is 2.98. The van der Waals surface area contributed by atoms with E-state index in [0.29, 0.717) is 0 Å². The maximum absolute atomic E-state index is 5.92. The van der Waals surface area contributed by atoms with Gasteiger partial charge in [0, 0.05) is 32.2 Å². The molecule has 0 amide bonds. The first kappa shape index (κ1) is 12.7. The van der Waals surface area contributed by atoms with E-state index in [4.69, 9.17) is 9.47 Å². The zero-order valence-electron chi connectivity index (χ0n) is 11.6. The maximum Gasteiger partial charge on any atom is 0.215 e. The van der Waals surface area contributed by atoms with Crippen molar-refractivity contribution in [2.75, 3.05) is 51.3 Å². The zero-order chi connectivity index (χ0) is 13.2. The van der Waals surface area contributed by atoms with Crippen LogP contribution in [0.15, 0.2) is 12.1 Å². The van der Waals surface area contributed by atoms with E-state index in [9.17, 15) is 0 Å². The van der Waals surface area contributed by atoms with E-state index >= 15 is 0 Å². The van der Waals surface area contributed by atoms with E-state index in [-0.39, 0.29) is 6.10 Å². The average molecular weight is 263 g/mol. The molecule has 19 heavy (non-hydrogen) atoms. The Morgan fingerprint density at radius 1 is 1.26 bits per heavy atom. The summed E-state index contributed by atoms with van der Waals surface area (Å²) in [5.74, 6) is 1.76. The Hall–Kier alpha value is -1.33. The van der Waals surface area contributed by atoms with Crippen LogP contribution in [0.4, 0.5) is 5.82 Å². The summed E-state index contributed by atoms with van der Waals surface area (Å²) in [6, 6.07) is 4.13. The minimum atomic E-state index is 0.289. The van der Waals surface area contributed by atoms with Crippen LogP contribution in [0.5, 0.6) is 5.88 Å². The molecule has 0 aliphatic carbocycles. The van der Waals surface area contributed by atoms with E-state index < -0.39 is 0 Å². The number of anilines is 1. The molecule has 2 aliphatic rings. The van der Waals surface area contributed by atoms with Gasteiger partial charge in [-0.25, -0.2) is 0 Å². The van der Waals surface area contributed by atoms with Crippen LogP contribution < -0.4 is 9.64 Å². The van der Waals surface area contributed by atoms with Crippen LogP contribution in [0.1, 0.15) is 5.56 Å². The van der Waals surface area contributed by atoms with Gasteiger partial charge in [-0.3, -0.25) is 4.90 Å². The molecule has 3 rings (SSSR count). The Kier molecular flexibility index (Phi) is 3.57. The predicted molar refractivity (Wildman–Crippen MR) is 73.9 cm³/mol. The standard InChI is InChI=1S/C14H21N3O2/c1-11-7-13(17-3-5-18-6-4-17)15-14(8-11)19-12-9-16(2)10-12/h7-8,12H,3-6,9-10H2,1-2H3. The second-order valence-electron chi connectivity index (χ2n) is 5.40. The maximum atomic E-state index is 5.92. The Bertz CT molecular complexity index is 440. The molecule has 0 bridgehead atoms. The van der Waals surface area contributed by atoms with Gasteiger partial charge in [0.25, 0.3) is 0 Å². The molecule has 0 aromatic carbocycles. The van der Waals surface area contributed by atoms with Crippen LogP contribution in [0.3, 0.4) is 0 Å². The van der Waals surface area contributed by atoms with Crippen LogP contribution in [0.25, 0.3) is 0 Å². The van der Waals surface area contributed by atoms with Crippen molar-refractivity contribution >= 4 is 5.82 Å². The highest BCUT2D eigenvalue weighted by molar-refractivity contribution is 5.44. The fourth-order valence-corrected chi connectivity index (χ4v) is 2.52. The predicted octanol–water partition coefficient (Wildman–Crippen LogP) is 0.919. The lowest BCUT2D eigenvalue weighted by molar-refractivity contribution is 0.0355. The van der Waals surface area contributed by atoms with E-state index in [1.54, 1.807) is 0 Å². The summed E-state index contributed by atoms with van der Waals surface area (Å²) in [6.45, 7) is 7.43. The minimum absolute atomic E-state index is 0.289. The number of aromatic nitrogens is 1. The van der Waals surface area contributed by atoms with Crippen molar-refractivity contribution in [3.8, 4) is 5.88 Å². The van der Waals surface area contributed by atoms with Crippen LogP contribution in [-0.4, -0.2) is 62.4 Å². The van der Waals surface area contributed by atoms with Gasteiger partial charge >= 0.3 is 0 Å². The molecule has 3 heterocycles. The third-order valence-corrected chi connectivity index (χ3v) is 3.59. The molecule has 0 N–H and O–H groups in total. The number of morpholine rings is 1. The number of hydrogen-bond acceptors (Lipinski definition) is 5. The van der Waals surface area contributed by atoms with Crippen LogP contribution >= 0.6 is 0 Å². The normalized spacial score (nSPS) is 21.3. The molecule has 5 nitrogen and oxygen atoms in total. The number of hydrogen-bond donors (Lipinski definition) is 0. The summed E-state index contributed by atoms with van der Waals surface area (Å²) >= 11 is 0. The van der Waals surface area contributed by atoms with Gasteiger partial charge in [0.1, 0.15) is 11.9 Å². The summed E-state index contributed by atoms with van der Waals surface area (Å²) in [4.78, 5) is 9.13. The number of nitrogens with zero attached hydrogens (tertiary/aromatic N) is 3. The van der Waals surface area contributed by atoms with Crippen molar-refractivity contribution in [1.29, 1.82) is 0 Å². The summed E-state index contributed by atoms with van der Waals surface area (Å²) in [5.41, 5.74) is 1.19. The summed E-state index contributed by atoms with van der Waals surface area (Å²) < 4.78 is 11.3. The summed E-state index contributed by atoms with van der Waals surface area (Å²) in [6.07, 6.45) is 0.289. The Balaban J connectivity index is 1.71. The van der Waals surface area contributed by atoms with Crippen molar-refractivity contribution in [2.24, 2.45) is 0 Å². The molecule has 0 radical (unpaired) electrons. The highest BCUT2D eigenvalue weighted by atomic mass is 16.5. The van der Waals surface area contributed by atoms with Crippen molar-refractivity contribution < 1.29 is 9.47 Å². The van der Waals surface area contributed by atoms with Crippen LogP contribution in [0, 0.1) is 6.92 Å². The SMILES string of the molecule is Cc1cc(OC2CN(C)C2)nc(N2CCOCC2)c1. The van der Waals surface area contributed by atoms with Crippen molar-refractivity contribution in [2.45, 2.75) is 13.0 Å². The first-order valence-corrected chi connectivity index (χ1v) is 6.87. The Morgan fingerprint density at radius 3 is 2.68 bits per heavy atom. The monoisotopic (exact) mass is 263 g/mol. The van der Waals surface area contributed by atoms with Gasteiger partial charge in [-0.2, -0.15) is 4.98 Å². The van der Waals surface area contributed by atoms with Gasteiger partial charge < -0.3 is 14.4 Å². The molecule has 0 saturated carbocycles. The molecule has 0 unspecified atom stereocenters. The quantitative estimate of drug-likeness (QED) is 0.810. The second-order valence-corrected chi connectivity index (χ2v) is 5.40. The van der Waals surface area contributed by atoms with Gasteiger partial charge in [0.15, 0.2) is 0 Å². The van der Waals surface area contributed by atoms with Crippen LogP contribution in [-0.2, 0) is 4.74 Å². The average Bonchev–Trinajstić information content (AvgIpc) is 2.37. The zero-order valence-corrected chi connectivity index (χ0v) is 11.6. The number of rotatable bonds is 3. The topological polar surface area (TPSA) is 37.8 Å². The smallest absolute Gasteiger partial charge is 0.215 e. The highest BCUT2D eigenvalue weighted by Crippen LogP contribution is 2.22. The van der Waals surface area contributed by atoms with E-state index in [2.05, 4.69) is 34.8 Å². The molecule has 104 valence electrons. The number of ether oxygens (including phenoxy) is 2. The number of pyridine rings is 1. The van der Waals surface area contributed by atoms with Crippen LogP contribution in [0.2, 0.25) is 0 Å². The molecule has 1 aromatic heterocycles. The van der Waals surface area contributed by atoms with Crippen molar-refractivity contribution in [1.82, 2.24) is 9.88 Å². The molecular weight excluding hydrogens is 242 g/mol. The molecule has 2 aliphatic heterocycles. The fourth-order valence-electron chi connectivity index (χ4n) is 2.52. The largest absolute Gasteiger partial charge is 0.472 e. The van der Waals surface area contributed by atoms with E-state index in [1.807, 2.05) is 6.07 Å². The van der Waals surface area contributed by atoms with Gasteiger partial charge in [0.2, 0.25) is 5.88 Å². The number of likely N-dealkylation sites (N-methyl/N-ethyl adjacent to an activating group) is 1. The van der Waals surface area contributed by atoms with E-state index in [1.165, 1.54) is 5.56 Å². The van der Waals surface area contributed by atoms with Gasteiger partial charge in [0.05, 0.1) is 13.2 Å².